The predicted octanol–water partition coefficient (Wildman–Crippen LogP) is 2.05. The summed E-state index contributed by atoms with van der Waals surface area (Å²) in [6.07, 6.45) is 10.3. The summed E-state index contributed by atoms with van der Waals surface area (Å²) in [5, 5.41) is 7.54. The van der Waals surface area contributed by atoms with Crippen LogP contribution in [0.4, 0.5) is 0 Å². The van der Waals surface area contributed by atoms with E-state index in [-0.39, 0.29) is 5.56 Å². The van der Waals surface area contributed by atoms with Gasteiger partial charge >= 0.3 is 0 Å². The summed E-state index contributed by atoms with van der Waals surface area (Å²) in [6.45, 7) is 5.94. The Balaban J connectivity index is 1.83. The first-order valence-corrected chi connectivity index (χ1v) is 7.48. The zero-order chi connectivity index (χ0) is 14.4. The molecule has 0 aliphatic heterocycles. The molecule has 1 atom stereocenters. The molecule has 0 saturated carbocycles. The number of hydrogen-bond donors (Lipinski definition) is 1. The molecule has 110 valence electrons. The zero-order valence-corrected chi connectivity index (χ0v) is 12.4. The molecule has 0 fully saturated rings. The van der Waals surface area contributed by atoms with Gasteiger partial charge in [-0.3, -0.25) is 4.79 Å². The molecule has 1 unspecified atom stereocenters. The van der Waals surface area contributed by atoms with Crippen molar-refractivity contribution in [3.63, 3.8) is 0 Å². The van der Waals surface area contributed by atoms with E-state index in [1.165, 1.54) is 25.7 Å². The van der Waals surface area contributed by atoms with Crippen molar-refractivity contribution in [1.82, 2.24) is 19.5 Å². The summed E-state index contributed by atoms with van der Waals surface area (Å²) in [5.74, 6) is 0. The normalized spacial score (nSPS) is 12.9. The SMILES string of the molecule is CCCCCC(C)NCCn1ccn2nccc2c1=O. The molecule has 20 heavy (non-hydrogen) atoms. The van der Waals surface area contributed by atoms with Crippen molar-refractivity contribution in [1.29, 1.82) is 0 Å². The highest BCUT2D eigenvalue weighted by molar-refractivity contribution is 5.42. The van der Waals surface area contributed by atoms with Crippen molar-refractivity contribution in [2.24, 2.45) is 0 Å². The average molecular weight is 276 g/mol. The summed E-state index contributed by atoms with van der Waals surface area (Å²) < 4.78 is 3.35. The van der Waals surface area contributed by atoms with Gasteiger partial charge in [-0.05, 0) is 19.4 Å². The molecular formula is C15H24N4O. The summed E-state index contributed by atoms with van der Waals surface area (Å²) in [5.41, 5.74) is 0.647. The Morgan fingerprint density at radius 1 is 1.35 bits per heavy atom. The Hall–Kier alpha value is -1.62. The largest absolute Gasteiger partial charge is 0.312 e. The summed E-state index contributed by atoms with van der Waals surface area (Å²) in [6, 6.07) is 2.26. The van der Waals surface area contributed by atoms with Gasteiger partial charge in [-0.2, -0.15) is 5.10 Å². The first-order valence-electron chi connectivity index (χ1n) is 7.48. The molecule has 5 heteroatoms. The predicted molar refractivity (Wildman–Crippen MR) is 81.1 cm³/mol. The molecule has 2 aromatic heterocycles. The van der Waals surface area contributed by atoms with Crippen LogP contribution < -0.4 is 10.9 Å². The lowest BCUT2D eigenvalue weighted by atomic mass is 10.1. The van der Waals surface area contributed by atoms with Gasteiger partial charge in [0.25, 0.3) is 5.56 Å². The average Bonchev–Trinajstić information content (AvgIpc) is 2.91. The van der Waals surface area contributed by atoms with Crippen molar-refractivity contribution in [3.8, 4) is 0 Å². The van der Waals surface area contributed by atoms with Crippen LogP contribution in [0.15, 0.2) is 29.5 Å². The molecule has 0 radical (unpaired) electrons. The fraction of sp³-hybridized carbons (Fsp3) is 0.600. The standard InChI is InChI=1S/C15H24N4O/c1-3-4-5-6-13(2)16-9-10-18-11-12-19-14(15(18)20)7-8-17-19/h7-8,11-13,16H,3-6,9-10H2,1-2H3. The molecule has 0 aromatic carbocycles. The lowest BCUT2D eigenvalue weighted by Crippen LogP contribution is -2.32. The van der Waals surface area contributed by atoms with E-state index in [2.05, 4.69) is 24.3 Å². The Bertz CT molecular complexity index is 587. The molecule has 2 heterocycles. The third-order valence-electron chi connectivity index (χ3n) is 3.62. The van der Waals surface area contributed by atoms with E-state index in [0.29, 0.717) is 18.1 Å². The van der Waals surface area contributed by atoms with Crippen LogP contribution in [0, 0.1) is 0 Å². The van der Waals surface area contributed by atoms with Crippen molar-refractivity contribution in [3.05, 3.63) is 35.0 Å². The highest BCUT2D eigenvalue weighted by atomic mass is 16.1. The number of unbranched alkanes of at least 4 members (excludes halogenated alkanes) is 2. The highest BCUT2D eigenvalue weighted by Crippen LogP contribution is 2.02. The number of nitrogens with zero attached hydrogens (tertiary/aromatic N) is 3. The molecule has 0 bridgehead atoms. The van der Waals surface area contributed by atoms with Gasteiger partial charge in [0.1, 0.15) is 5.52 Å². The summed E-state index contributed by atoms with van der Waals surface area (Å²) in [4.78, 5) is 12.2. The van der Waals surface area contributed by atoms with Crippen LogP contribution in [0.25, 0.3) is 5.52 Å². The monoisotopic (exact) mass is 276 g/mol. The van der Waals surface area contributed by atoms with Gasteiger partial charge in [-0.25, -0.2) is 4.52 Å². The Labute approximate surface area is 119 Å². The molecule has 0 aliphatic carbocycles. The maximum absolute atomic E-state index is 12.2. The van der Waals surface area contributed by atoms with Gasteiger partial charge in [-0.15, -0.1) is 0 Å². The van der Waals surface area contributed by atoms with Gasteiger partial charge < -0.3 is 9.88 Å². The molecule has 2 rings (SSSR count). The van der Waals surface area contributed by atoms with Gasteiger partial charge in [0.05, 0.1) is 6.20 Å². The Morgan fingerprint density at radius 3 is 3.00 bits per heavy atom. The van der Waals surface area contributed by atoms with Gasteiger partial charge in [0.2, 0.25) is 0 Å². The minimum Gasteiger partial charge on any atom is -0.312 e. The van der Waals surface area contributed by atoms with Gasteiger partial charge in [0, 0.05) is 31.5 Å². The van der Waals surface area contributed by atoms with E-state index in [9.17, 15) is 4.79 Å². The smallest absolute Gasteiger partial charge is 0.276 e. The van der Waals surface area contributed by atoms with E-state index < -0.39 is 0 Å². The third kappa shape index (κ3) is 3.70. The lowest BCUT2D eigenvalue weighted by Gasteiger charge is -2.14. The summed E-state index contributed by atoms with van der Waals surface area (Å²) >= 11 is 0. The van der Waals surface area contributed by atoms with Crippen LogP contribution in [0.3, 0.4) is 0 Å². The van der Waals surface area contributed by atoms with E-state index in [1.807, 2.05) is 6.20 Å². The Kier molecular flexibility index (Phi) is 5.35. The second-order valence-electron chi connectivity index (χ2n) is 5.31. The first kappa shape index (κ1) is 14.8. The fourth-order valence-electron chi connectivity index (χ4n) is 2.37. The van der Waals surface area contributed by atoms with Crippen LogP contribution in [0.2, 0.25) is 0 Å². The molecule has 1 N–H and O–H groups in total. The molecule has 0 saturated heterocycles. The van der Waals surface area contributed by atoms with Gasteiger partial charge in [0.15, 0.2) is 0 Å². The quantitative estimate of drug-likeness (QED) is 0.751. The van der Waals surface area contributed by atoms with Crippen LogP contribution in [-0.4, -0.2) is 26.8 Å². The highest BCUT2D eigenvalue weighted by Gasteiger charge is 2.04. The van der Waals surface area contributed by atoms with Crippen molar-refractivity contribution >= 4 is 5.52 Å². The number of fused-ring (bicyclic) bond motifs is 1. The number of rotatable bonds is 8. The lowest BCUT2D eigenvalue weighted by molar-refractivity contribution is 0.467. The van der Waals surface area contributed by atoms with Crippen LogP contribution in [0.1, 0.15) is 39.5 Å². The number of nitrogens with one attached hydrogen (secondary N) is 1. The number of hydrogen-bond acceptors (Lipinski definition) is 3. The summed E-state index contributed by atoms with van der Waals surface area (Å²) in [7, 11) is 0. The van der Waals surface area contributed by atoms with Gasteiger partial charge in [-0.1, -0.05) is 26.2 Å². The second-order valence-corrected chi connectivity index (χ2v) is 5.31. The van der Waals surface area contributed by atoms with E-state index >= 15 is 0 Å². The molecule has 0 spiro atoms. The van der Waals surface area contributed by atoms with Crippen LogP contribution >= 0.6 is 0 Å². The van der Waals surface area contributed by atoms with E-state index in [1.54, 1.807) is 27.5 Å². The van der Waals surface area contributed by atoms with Crippen molar-refractivity contribution < 1.29 is 0 Å². The second kappa shape index (κ2) is 7.24. The Morgan fingerprint density at radius 2 is 2.20 bits per heavy atom. The zero-order valence-electron chi connectivity index (χ0n) is 12.4. The van der Waals surface area contributed by atoms with E-state index in [4.69, 9.17) is 0 Å². The topological polar surface area (TPSA) is 51.3 Å². The molecular weight excluding hydrogens is 252 g/mol. The molecule has 2 aromatic rings. The van der Waals surface area contributed by atoms with E-state index in [0.717, 1.165) is 6.54 Å². The minimum atomic E-state index is 0.0189. The maximum Gasteiger partial charge on any atom is 0.276 e. The minimum absolute atomic E-state index is 0.0189. The van der Waals surface area contributed by atoms with Crippen molar-refractivity contribution in [2.75, 3.05) is 6.54 Å². The first-order chi connectivity index (χ1) is 9.72. The molecule has 0 aliphatic rings. The molecule has 5 nitrogen and oxygen atoms in total. The van der Waals surface area contributed by atoms with Crippen LogP contribution in [0.5, 0.6) is 0 Å². The van der Waals surface area contributed by atoms with Crippen LogP contribution in [-0.2, 0) is 6.54 Å². The van der Waals surface area contributed by atoms with Crippen molar-refractivity contribution in [2.45, 2.75) is 52.1 Å². The third-order valence-corrected chi connectivity index (χ3v) is 3.62. The molecule has 0 amide bonds. The fourth-order valence-corrected chi connectivity index (χ4v) is 2.37. The number of aromatic nitrogens is 3. The maximum atomic E-state index is 12.2.